The molecule has 3 aromatic rings. The van der Waals surface area contributed by atoms with Gasteiger partial charge in [0.1, 0.15) is 5.58 Å². The largest absolute Gasteiger partial charge is 0.464 e. The molecule has 0 bridgehead atoms. The van der Waals surface area contributed by atoms with Crippen molar-refractivity contribution in [3.05, 3.63) is 72.0 Å². The molecule has 2 nitrogen and oxygen atoms in total. The van der Waals surface area contributed by atoms with E-state index in [1.165, 1.54) is 16.5 Å². The summed E-state index contributed by atoms with van der Waals surface area (Å²) in [5.74, 6) is 0.487. The van der Waals surface area contributed by atoms with E-state index in [1.807, 2.05) is 18.4 Å². The van der Waals surface area contributed by atoms with Crippen LogP contribution in [-0.2, 0) is 0 Å². The number of fused-ring (bicyclic) bond motifs is 1. The summed E-state index contributed by atoms with van der Waals surface area (Å²) in [6, 6.07) is 19.4. The summed E-state index contributed by atoms with van der Waals surface area (Å²) in [6.07, 6.45) is 3.10. The summed E-state index contributed by atoms with van der Waals surface area (Å²) < 4.78 is 5.72. The zero-order valence-corrected chi connectivity index (χ0v) is 11.3. The topological polar surface area (TPSA) is 25.2 Å². The van der Waals surface area contributed by atoms with Crippen LogP contribution in [0.3, 0.4) is 0 Å². The molecule has 1 aliphatic rings. The Morgan fingerprint density at radius 2 is 1.75 bits per heavy atom. The van der Waals surface area contributed by atoms with Gasteiger partial charge in [0.2, 0.25) is 0 Å². The molecule has 0 amide bonds. The van der Waals surface area contributed by atoms with E-state index in [2.05, 4.69) is 47.8 Å². The second-order valence-corrected chi connectivity index (χ2v) is 5.42. The number of para-hydroxylation sites is 1. The van der Waals surface area contributed by atoms with Crippen molar-refractivity contribution in [3.63, 3.8) is 0 Å². The fraction of sp³-hybridized carbons (Fsp3) is 0.222. The monoisotopic (exact) mass is 263 g/mol. The van der Waals surface area contributed by atoms with E-state index in [-0.39, 0.29) is 0 Å². The summed E-state index contributed by atoms with van der Waals surface area (Å²) in [7, 11) is 0. The quantitative estimate of drug-likeness (QED) is 0.747. The van der Waals surface area contributed by atoms with Gasteiger partial charge in [-0.05, 0) is 24.6 Å². The Morgan fingerprint density at radius 1 is 0.950 bits per heavy atom. The molecule has 2 unspecified atom stereocenters. The lowest BCUT2D eigenvalue weighted by molar-refractivity contribution is 0.559. The van der Waals surface area contributed by atoms with Crippen LogP contribution in [-0.4, -0.2) is 6.54 Å². The standard InChI is InChI=1S/C18H17NO/c1-2-6-13(7-3-1)18-15(10-11-19-18)16-12-20-17-9-5-4-8-14(16)17/h1-9,12,15,18-19H,10-11H2. The number of hydrogen-bond acceptors (Lipinski definition) is 2. The van der Waals surface area contributed by atoms with Gasteiger partial charge >= 0.3 is 0 Å². The van der Waals surface area contributed by atoms with Gasteiger partial charge < -0.3 is 9.73 Å². The molecule has 0 spiro atoms. The van der Waals surface area contributed by atoms with Gasteiger partial charge in [-0.15, -0.1) is 0 Å². The number of hydrogen-bond donors (Lipinski definition) is 1. The lowest BCUT2D eigenvalue weighted by Gasteiger charge is -2.19. The van der Waals surface area contributed by atoms with E-state index in [0.29, 0.717) is 12.0 Å². The van der Waals surface area contributed by atoms with E-state index in [4.69, 9.17) is 4.42 Å². The number of furan rings is 1. The molecular weight excluding hydrogens is 246 g/mol. The maximum atomic E-state index is 5.72. The molecule has 1 fully saturated rings. The van der Waals surface area contributed by atoms with Crippen LogP contribution < -0.4 is 5.32 Å². The van der Waals surface area contributed by atoms with Gasteiger partial charge in [-0.25, -0.2) is 0 Å². The van der Waals surface area contributed by atoms with Crippen LogP contribution in [0, 0.1) is 0 Å². The van der Waals surface area contributed by atoms with Crippen LogP contribution >= 0.6 is 0 Å². The third kappa shape index (κ3) is 1.84. The Morgan fingerprint density at radius 3 is 2.65 bits per heavy atom. The highest BCUT2D eigenvalue weighted by Crippen LogP contribution is 2.41. The predicted molar refractivity (Wildman–Crippen MR) is 80.8 cm³/mol. The van der Waals surface area contributed by atoms with Gasteiger partial charge in [0, 0.05) is 22.9 Å². The maximum absolute atomic E-state index is 5.72. The van der Waals surface area contributed by atoms with Crippen molar-refractivity contribution in [1.29, 1.82) is 0 Å². The zero-order valence-electron chi connectivity index (χ0n) is 11.3. The third-order valence-electron chi connectivity index (χ3n) is 4.29. The molecule has 0 aliphatic carbocycles. The maximum Gasteiger partial charge on any atom is 0.134 e. The smallest absolute Gasteiger partial charge is 0.134 e. The molecular formula is C18H17NO. The molecule has 100 valence electrons. The lowest BCUT2D eigenvalue weighted by Crippen LogP contribution is -2.16. The van der Waals surface area contributed by atoms with Crippen molar-refractivity contribution in [2.24, 2.45) is 0 Å². The Kier molecular flexibility index (Phi) is 2.82. The number of benzene rings is 2. The SMILES string of the molecule is c1ccc(C2NCCC2c2coc3ccccc23)cc1. The van der Waals surface area contributed by atoms with E-state index in [0.717, 1.165) is 18.5 Å². The first-order chi connectivity index (χ1) is 9.93. The molecule has 2 aromatic carbocycles. The Labute approximate surface area is 118 Å². The average molecular weight is 263 g/mol. The van der Waals surface area contributed by atoms with Crippen molar-refractivity contribution in [2.75, 3.05) is 6.54 Å². The van der Waals surface area contributed by atoms with E-state index < -0.39 is 0 Å². The first-order valence-corrected chi connectivity index (χ1v) is 7.18. The second kappa shape index (κ2) is 4.80. The molecule has 1 saturated heterocycles. The van der Waals surface area contributed by atoms with Crippen molar-refractivity contribution in [2.45, 2.75) is 18.4 Å². The molecule has 20 heavy (non-hydrogen) atoms. The Bertz CT molecular complexity index is 716. The predicted octanol–water partition coefficient (Wildman–Crippen LogP) is 4.25. The molecule has 1 aliphatic heterocycles. The highest BCUT2D eigenvalue weighted by Gasteiger charge is 2.31. The Balaban J connectivity index is 1.77. The van der Waals surface area contributed by atoms with E-state index in [1.54, 1.807) is 0 Å². The van der Waals surface area contributed by atoms with Crippen LogP contribution in [0.1, 0.15) is 29.5 Å². The molecule has 0 radical (unpaired) electrons. The van der Waals surface area contributed by atoms with Gasteiger partial charge in [-0.1, -0.05) is 48.5 Å². The summed E-state index contributed by atoms with van der Waals surface area (Å²) in [6.45, 7) is 1.06. The molecule has 1 N–H and O–H groups in total. The van der Waals surface area contributed by atoms with E-state index in [9.17, 15) is 0 Å². The number of rotatable bonds is 2. The third-order valence-corrected chi connectivity index (χ3v) is 4.29. The molecule has 0 saturated carbocycles. The summed E-state index contributed by atoms with van der Waals surface area (Å²) in [4.78, 5) is 0. The summed E-state index contributed by atoms with van der Waals surface area (Å²) >= 11 is 0. The van der Waals surface area contributed by atoms with Crippen molar-refractivity contribution in [1.82, 2.24) is 5.32 Å². The molecule has 1 aromatic heterocycles. The van der Waals surface area contributed by atoms with Gasteiger partial charge in [-0.2, -0.15) is 0 Å². The summed E-state index contributed by atoms with van der Waals surface area (Å²) in [5, 5.41) is 4.89. The fourth-order valence-electron chi connectivity index (χ4n) is 3.33. The normalized spacial score (nSPS) is 22.4. The van der Waals surface area contributed by atoms with Crippen molar-refractivity contribution in [3.8, 4) is 0 Å². The molecule has 2 atom stereocenters. The minimum Gasteiger partial charge on any atom is -0.464 e. The molecule has 4 rings (SSSR count). The van der Waals surface area contributed by atoms with Crippen LogP contribution in [0.15, 0.2) is 65.3 Å². The van der Waals surface area contributed by atoms with E-state index >= 15 is 0 Å². The first kappa shape index (κ1) is 11.7. The Hall–Kier alpha value is -2.06. The van der Waals surface area contributed by atoms with Gasteiger partial charge in [0.25, 0.3) is 0 Å². The molecule has 2 heterocycles. The first-order valence-electron chi connectivity index (χ1n) is 7.18. The van der Waals surface area contributed by atoms with Crippen LogP contribution in [0.2, 0.25) is 0 Å². The summed E-state index contributed by atoms with van der Waals surface area (Å²) in [5.41, 5.74) is 3.68. The van der Waals surface area contributed by atoms with Crippen molar-refractivity contribution < 1.29 is 4.42 Å². The van der Waals surface area contributed by atoms with Gasteiger partial charge in [-0.3, -0.25) is 0 Å². The van der Waals surface area contributed by atoms with Crippen LogP contribution in [0.5, 0.6) is 0 Å². The molecule has 2 heteroatoms. The van der Waals surface area contributed by atoms with Crippen LogP contribution in [0.4, 0.5) is 0 Å². The fourth-order valence-corrected chi connectivity index (χ4v) is 3.33. The van der Waals surface area contributed by atoms with Gasteiger partial charge in [0.05, 0.1) is 6.26 Å². The van der Waals surface area contributed by atoms with Crippen molar-refractivity contribution >= 4 is 11.0 Å². The van der Waals surface area contributed by atoms with Gasteiger partial charge in [0.15, 0.2) is 0 Å². The minimum atomic E-state index is 0.386. The average Bonchev–Trinajstić information content (AvgIpc) is 3.14. The number of nitrogens with one attached hydrogen (secondary N) is 1. The zero-order chi connectivity index (χ0) is 13.4. The highest BCUT2D eigenvalue weighted by molar-refractivity contribution is 5.81. The highest BCUT2D eigenvalue weighted by atomic mass is 16.3. The lowest BCUT2D eigenvalue weighted by atomic mass is 9.88. The second-order valence-electron chi connectivity index (χ2n) is 5.42. The van der Waals surface area contributed by atoms with Crippen LogP contribution in [0.25, 0.3) is 11.0 Å². The minimum absolute atomic E-state index is 0.386.